The quantitative estimate of drug-likeness (QED) is 0.665. The molecule has 3 fully saturated rings. The van der Waals surface area contributed by atoms with Crippen LogP contribution in [0.1, 0.15) is 53.4 Å². The van der Waals surface area contributed by atoms with Crippen molar-refractivity contribution >= 4 is 0 Å². The summed E-state index contributed by atoms with van der Waals surface area (Å²) in [7, 11) is 0. The van der Waals surface area contributed by atoms with Gasteiger partial charge >= 0.3 is 0 Å². The van der Waals surface area contributed by atoms with Gasteiger partial charge in [-0.3, -0.25) is 0 Å². The van der Waals surface area contributed by atoms with Gasteiger partial charge < -0.3 is 5.11 Å². The van der Waals surface area contributed by atoms with Gasteiger partial charge in [-0.25, -0.2) is 0 Å². The van der Waals surface area contributed by atoms with E-state index in [1.54, 1.807) is 0 Å². The monoisotopic (exact) mass is 222 g/mol. The zero-order valence-corrected chi connectivity index (χ0v) is 11.2. The van der Waals surface area contributed by atoms with Gasteiger partial charge in [-0.1, -0.05) is 27.2 Å². The Kier molecular flexibility index (Phi) is 2.11. The molecule has 3 aliphatic carbocycles. The van der Waals surface area contributed by atoms with E-state index in [1.807, 2.05) is 0 Å². The molecular weight excluding hydrogens is 196 g/mol. The summed E-state index contributed by atoms with van der Waals surface area (Å²) in [4.78, 5) is 0. The maximum absolute atomic E-state index is 10.7. The lowest BCUT2D eigenvalue weighted by Gasteiger charge is -2.35. The standard InChI is InChI=1S/C15H26O/c1-9-5-6-10-12(9)13-11(14(13,2)3)7-8-15(10,4)16/h9-13,16H,5-8H2,1-4H3/t9-,10-,11+,12+,13+,15+/m1/s1. The van der Waals surface area contributed by atoms with E-state index < -0.39 is 0 Å². The molecule has 1 nitrogen and oxygen atoms in total. The molecule has 0 spiro atoms. The average Bonchev–Trinajstić information content (AvgIpc) is 2.51. The Bertz CT molecular complexity index is 305. The first-order chi connectivity index (χ1) is 7.36. The molecule has 0 saturated heterocycles. The highest BCUT2D eigenvalue weighted by atomic mass is 16.3. The van der Waals surface area contributed by atoms with E-state index >= 15 is 0 Å². The van der Waals surface area contributed by atoms with E-state index in [0.29, 0.717) is 11.3 Å². The van der Waals surface area contributed by atoms with Crippen LogP contribution >= 0.6 is 0 Å². The predicted octanol–water partition coefficient (Wildman–Crippen LogP) is 3.47. The maximum Gasteiger partial charge on any atom is 0.0650 e. The van der Waals surface area contributed by atoms with Crippen molar-refractivity contribution in [2.45, 2.75) is 59.0 Å². The summed E-state index contributed by atoms with van der Waals surface area (Å²) < 4.78 is 0. The number of aliphatic hydroxyl groups is 1. The van der Waals surface area contributed by atoms with Crippen LogP contribution in [0, 0.1) is 35.0 Å². The fraction of sp³-hybridized carbons (Fsp3) is 1.00. The second-order valence-corrected chi connectivity index (χ2v) is 7.59. The van der Waals surface area contributed by atoms with Gasteiger partial charge in [0.05, 0.1) is 5.60 Å². The fourth-order valence-electron chi connectivity index (χ4n) is 5.29. The van der Waals surface area contributed by atoms with Gasteiger partial charge in [0.25, 0.3) is 0 Å². The van der Waals surface area contributed by atoms with Crippen molar-refractivity contribution in [3.63, 3.8) is 0 Å². The van der Waals surface area contributed by atoms with Crippen LogP contribution < -0.4 is 0 Å². The van der Waals surface area contributed by atoms with Crippen molar-refractivity contribution in [3.05, 3.63) is 0 Å². The third-order valence-electron chi connectivity index (χ3n) is 6.37. The minimum Gasteiger partial charge on any atom is -0.390 e. The summed E-state index contributed by atoms with van der Waals surface area (Å²) in [5.41, 5.74) is 0.191. The van der Waals surface area contributed by atoms with E-state index in [9.17, 15) is 5.11 Å². The lowest BCUT2D eigenvalue weighted by molar-refractivity contribution is -0.0302. The molecule has 6 atom stereocenters. The van der Waals surface area contributed by atoms with Crippen molar-refractivity contribution in [2.24, 2.45) is 35.0 Å². The van der Waals surface area contributed by atoms with Crippen LogP contribution in [-0.4, -0.2) is 10.7 Å². The molecule has 0 aromatic carbocycles. The third-order valence-corrected chi connectivity index (χ3v) is 6.37. The van der Waals surface area contributed by atoms with E-state index in [4.69, 9.17) is 0 Å². The number of hydrogen-bond acceptors (Lipinski definition) is 1. The molecule has 3 aliphatic rings. The molecule has 0 amide bonds. The Labute approximate surface area is 99.6 Å². The molecule has 3 saturated carbocycles. The van der Waals surface area contributed by atoms with Gasteiger partial charge in [-0.15, -0.1) is 0 Å². The number of rotatable bonds is 0. The van der Waals surface area contributed by atoms with E-state index in [1.165, 1.54) is 19.3 Å². The van der Waals surface area contributed by atoms with Crippen LogP contribution in [0.25, 0.3) is 0 Å². The molecule has 0 unspecified atom stereocenters. The van der Waals surface area contributed by atoms with Crippen LogP contribution in [0.4, 0.5) is 0 Å². The Morgan fingerprint density at radius 2 is 1.69 bits per heavy atom. The Hall–Kier alpha value is -0.0400. The van der Waals surface area contributed by atoms with Crippen molar-refractivity contribution in [3.8, 4) is 0 Å². The molecule has 3 rings (SSSR count). The normalized spacial score (nSPS) is 58.7. The summed E-state index contributed by atoms with van der Waals surface area (Å²) >= 11 is 0. The van der Waals surface area contributed by atoms with Crippen LogP contribution in [0.3, 0.4) is 0 Å². The number of fused-ring (bicyclic) bond motifs is 3. The summed E-state index contributed by atoms with van der Waals surface area (Å²) in [6.07, 6.45) is 4.89. The van der Waals surface area contributed by atoms with Crippen molar-refractivity contribution in [1.29, 1.82) is 0 Å². The molecule has 0 heterocycles. The highest BCUT2D eigenvalue weighted by molar-refractivity contribution is 5.14. The highest BCUT2D eigenvalue weighted by Gasteiger charge is 2.66. The molecule has 0 aromatic heterocycles. The molecule has 1 N–H and O–H groups in total. The molecular formula is C15H26O. The first kappa shape index (κ1) is 11.1. The summed E-state index contributed by atoms with van der Waals surface area (Å²) in [5.74, 6) is 4.03. The molecule has 0 bridgehead atoms. The average molecular weight is 222 g/mol. The SMILES string of the molecule is C[C@@H]1CC[C@@H]2[C@H]1[C@@H]1[C@H](CC[C@]2(C)O)C1(C)C. The second kappa shape index (κ2) is 3.04. The summed E-state index contributed by atoms with van der Waals surface area (Å²) in [6.45, 7) is 9.41. The fourth-order valence-corrected chi connectivity index (χ4v) is 5.29. The lowest BCUT2D eigenvalue weighted by Crippen LogP contribution is -2.38. The predicted molar refractivity (Wildman–Crippen MR) is 66.0 cm³/mol. The topological polar surface area (TPSA) is 20.2 Å². The zero-order valence-electron chi connectivity index (χ0n) is 11.2. The van der Waals surface area contributed by atoms with Gasteiger partial charge in [0.1, 0.15) is 0 Å². The zero-order chi connectivity index (χ0) is 11.7. The molecule has 0 aromatic rings. The minimum atomic E-state index is -0.376. The van der Waals surface area contributed by atoms with E-state index in [0.717, 1.165) is 30.1 Å². The lowest BCUT2D eigenvalue weighted by atomic mass is 9.74. The molecule has 1 heteroatoms. The van der Waals surface area contributed by atoms with Gasteiger partial charge in [-0.2, -0.15) is 0 Å². The molecule has 16 heavy (non-hydrogen) atoms. The van der Waals surface area contributed by atoms with Crippen molar-refractivity contribution in [2.75, 3.05) is 0 Å². The van der Waals surface area contributed by atoms with Crippen molar-refractivity contribution in [1.82, 2.24) is 0 Å². The maximum atomic E-state index is 10.7. The molecule has 0 radical (unpaired) electrons. The summed E-state index contributed by atoms with van der Waals surface area (Å²) in [5, 5.41) is 10.7. The van der Waals surface area contributed by atoms with Crippen molar-refractivity contribution < 1.29 is 5.11 Å². The second-order valence-electron chi connectivity index (χ2n) is 7.59. The smallest absolute Gasteiger partial charge is 0.0650 e. The Morgan fingerprint density at radius 1 is 1.00 bits per heavy atom. The minimum absolute atomic E-state index is 0.376. The third kappa shape index (κ3) is 1.27. The first-order valence-electron chi connectivity index (χ1n) is 7.08. The van der Waals surface area contributed by atoms with Crippen LogP contribution in [0.15, 0.2) is 0 Å². The Balaban J connectivity index is 1.94. The largest absolute Gasteiger partial charge is 0.390 e. The first-order valence-corrected chi connectivity index (χ1v) is 7.08. The van der Waals surface area contributed by atoms with Crippen LogP contribution in [0.5, 0.6) is 0 Å². The van der Waals surface area contributed by atoms with Crippen LogP contribution in [-0.2, 0) is 0 Å². The van der Waals surface area contributed by atoms with Gasteiger partial charge in [0, 0.05) is 0 Å². The van der Waals surface area contributed by atoms with Gasteiger partial charge in [0.2, 0.25) is 0 Å². The number of hydrogen-bond donors (Lipinski definition) is 1. The van der Waals surface area contributed by atoms with Crippen LogP contribution in [0.2, 0.25) is 0 Å². The molecule has 92 valence electrons. The Morgan fingerprint density at radius 3 is 2.38 bits per heavy atom. The summed E-state index contributed by atoms with van der Waals surface area (Å²) in [6, 6.07) is 0. The highest BCUT2D eigenvalue weighted by Crippen LogP contribution is 2.71. The van der Waals surface area contributed by atoms with Gasteiger partial charge in [0.15, 0.2) is 0 Å². The van der Waals surface area contributed by atoms with Gasteiger partial charge in [-0.05, 0) is 61.2 Å². The van der Waals surface area contributed by atoms with E-state index in [-0.39, 0.29) is 5.60 Å². The molecule has 0 aliphatic heterocycles. The van der Waals surface area contributed by atoms with E-state index in [2.05, 4.69) is 27.7 Å².